The number of pyridine rings is 1. The number of ether oxygens (including phenoxy) is 1. The van der Waals surface area contributed by atoms with Crippen molar-refractivity contribution in [1.82, 2.24) is 19.8 Å². The van der Waals surface area contributed by atoms with Gasteiger partial charge in [-0.2, -0.15) is 9.71 Å². The van der Waals surface area contributed by atoms with Gasteiger partial charge in [-0.25, -0.2) is 17.6 Å². The zero-order valence-electron chi connectivity index (χ0n) is 24.3. The highest BCUT2D eigenvalue weighted by Crippen LogP contribution is 2.27. The summed E-state index contributed by atoms with van der Waals surface area (Å²) in [5.74, 6) is -2.15. The second-order valence-electron chi connectivity index (χ2n) is 11.0. The van der Waals surface area contributed by atoms with E-state index >= 15 is 4.39 Å². The predicted octanol–water partition coefficient (Wildman–Crippen LogP) is 5.41. The summed E-state index contributed by atoms with van der Waals surface area (Å²) >= 11 is 0. The second-order valence-corrected chi connectivity index (χ2v) is 12.7. The van der Waals surface area contributed by atoms with Crippen LogP contribution in [-0.4, -0.2) is 52.4 Å². The molecule has 232 valence electrons. The Labute approximate surface area is 257 Å². The number of halogens is 1. The van der Waals surface area contributed by atoms with Gasteiger partial charge < -0.3 is 14.4 Å². The molecule has 5 aromatic rings. The molecule has 2 aromatic heterocycles. The van der Waals surface area contributed by atoms with E-state index in [2.05, 4.69) is 25.2 Å². The number of sulfonamides is 1. The smallest absolute Gasteiger partial charge is 0.412 e. The van der Waals surface area contributed by atoms with Crippen molar-refractivity contribution in [2.75, 3.05) is 5.32 Å². The number of rotatable bonds is 9. The maximum absolute atomic E-state index is 15.2. The van der Waals surface area contributed by atoms with Crippen LogP contribution in [0.5, 0.6) is 0 Å². The maximum atomic E-state index is 15.2. The van der Waals surface area contributed by atoms with Crippen LogP contribution in [0.4, 0.5) is 14.9 Å². The van der Waals surface area contributed by atoms with Crippen LogP contribution in [-0.2, 0) is 26.0 Å². The highest BCUT2D eigenvalue weighted by atomic mass is 32.2. The average molecular weight is 634 g/mol. The number of anilines is 1. The van der Waals surface area contributed by atoms with Crippen LogP contribution in [0.3, 0.4) is 0 Å². The Morgan fingerprint density at radius 3 is 2.47 bits per heavy atom. The molecule has 0 spiro atoms. The summed E-state index contributed by atoms with van der Waals surface area (Å²) in [6.07, 6.45) is 0.490. The topological polar surface area (TPSA) is 174 Å². The molecule has 45 heavy (non-hydrogen) atoms. The molecule has 0 aliphatic rings. The fourth-order valence-corrected chi connectivity index (χ4v) is 5.76. The Kier molecular flexibility index (Phi) is 8.62. The van der Waals surface area contributed by atoms with E-state index in [0.717, 1.165) is 6.07 Å². The number of fused-ring (bicyclic) bond motifs is 1. The van der Waals surface area contributed by atoms with Gasteiger partial charge in [0.15, 0.2) is 0 Å². The van der Waals surface area contributed by atoms with Gasteiger partial charge in [0.05, 0.1) is 11.1 Å². The van der Waals surface area contributed by atoms with Crippen LogP contribution >= 0.6 is 0 Å². The lowest BCUT2D eigenvalue weighted by Gasteiger charge is -2.19. The van der Waals surface area contributed by atoms with Gasteiger partial charge in [0, 0.05) is 22.8 Å². The van der Waals surface area contributed by atoms with Gasteiger partial charge in [-0.1, -0.05) is 29.4 Å². The van der Waals surface area contributed by atoms with E-state index in [-0.39, 0.29) is 39.7 Å². The normalized spacial score (nSPS) is 12.5. The van der Waals surface area contributed by atoms with Gasteiger partial charge in [-0.3, -0.25) is 15.1 Å². The number of amides is 1. The van der Waals surface area contributed by atoms with E-state index < -0.39 is 39.5 Å². The van der Waals surface area contributed by atoms with E-state index in [1.165, 1.54) is 30.5 Å². The Balaban J connectivity index is 1.29. The highest BCUT2D eigenvalue weighted by molar-refractivity contribution is 7.89. The number of aromatic nitrogens is 3. The van der Waals surface area contributed by atoms with E-state index in [4.69, 9.17) is 9.26 Å². The molecule has 12 nitrogen and oxygen atoms in total. The van der Waals surface area contributed by atoms with E-state index in [0.29, 0.717) is 16.6 Å². The van der Waals surface area contributed by atoms with Crippen molar-refractivity contribution in [1.29, 1.82) is 0 Å². The molecule has 0 aliphatic heterocycles. The van der Waals surface area contributed by atoms with E-state index in [1.807, 2.05) is 0 Å². The third-order valence-electron chi connectivity index (χ3n) is 6.40. The van der Waals surface area contributed by atoms with Crippen LogP contribution < -0.4 is 10.0 Å². The lowest BCUT2D eigenvalue weighted by atomic mass is 10.0. The number of nitrogens with zero attached hydrogens (tertiary/aromatic N) is 3. The minimum atomic E-state index is -4.30. The largest absolute Gasteiger partial charge is 0.480 e. The van der Waals surface area contributed by atoms with Gasteiger partial charge in [0.1, 0.15) is 22.4 Å². The third kappa shape index (κ3) is 7.48. The maximum Gasteiger partial charge on any atom is 0.412 e. The number of aliphatic carboxylic acids is 1. The minimum Gasteiger partial charge on any atom is -0.480 e. The van der Waals surface area contributed by atoms with E-state index in [9.17, 15) is 23.1 Å². The molecular formula is C31H28FN5O7S. The Morgan fingerprint density at radius 2 is 1.78 bits per heavy atom. The van der Waals surface area contributed by atoms with Crippen molar-refractivity contribution in [2.45, 2.75) is 43.7 Å². The lowest BCUT2D eigenvalue weighted by Crippen LogP contribution is -2.42. The first-order chi connectivity index (χ1) is 21.3. The number of carboxylic acid groups (broad SMARTS) is 1. The summed E-state index contributed by atoms with van der Waals surface area (Å²) < 4.78 is 54.2. The zero-order chi connectivity index (χ0) is 32.4. The number of benzene rings is 3. The Bertz CT molecular complexity index is 1980. The van der Waals surface area contributed by atoms with Crippen LogP contribution in [0.2, 0.25) is 0 Å². The quantitative estimate of drug-likeness (QED) is 0.190. The van der Waals surface area contributed by atoms with Crippen LogP contribution in [0.25, 0.3) is 33.7 Å². The van der Waals surface area contributed by atoms with E-state index in [1.54, 1.807) is 63.2 Å². The number of carbonyl (C=O) groups excluding carboxylic acids is 1. The fourth-order valence-electron chi connectivity index (χ4n) is 4.39. The summed E-state index contributed by atoms with van der Waals surface area (Å²) in [4.78, 5) is 32.2. The van der Waals surface area contributed by atoms with Crippen molar-refractivity contribution in [2.24, 2.45) is 0 Å². The number of nitrogens with one attached hydrogen (secondary N) is 2. The molecule has 3 aromatic carbocycles. The fraction of sp³-hybridized carbons (Fsp3) is 0.194. The van der Waals surface area contributed by atoms with Gasteiger partial charge in [0.25, 0.3) is 5.89 Å². The van der Waals surface area contributed by atoms with Gasteiger partial charge in [-0.05, 0) is 81.3 Å². The standard InChI is InChI=1S/C31H28FN5O7S/c1-31(2,3)43-30(40)34-21-12-10-20(11-13-21)28-35-27(36-44-28)22-14-9-18(16-23(22)32)17-24(29(38)39)37-45(41,42)25-8-4-6-19-7-5-15-33-26(19)25/h4-16,24,37H,17H2,1-3H3,(H,34,40)(H,38,39). The Hall–Kier alpha value is -5.21. The molecule has 1 unspecified atom stereocenters. The molecule has 1 atom stereocenters. The second kappa shape index (κ2) is 12.4. The predicted molar refractivity (Wildman–Crippen MR) is 162 cm³/mol. The molecule has 14 heteroatoms. The Morgan fingerprint density at radius 1 is 1.04 bits per heavy atom. The summed E-state index contributed by atoms with van der Waals surface area (Å²) in [7, 11) is -4.30. The molecule has 0 saturated carbocycles. The third-order valence-corrected chi connectivity index (χ3v) is 7.90. The molecule has 0 radical (unpaired) electrons. The molecule has 0 bridgehead atoms. The number of hydrogen-bond acceptors (Lipinski definition) is 9. The van der Waals surface area contributed by atoms with Crippen molar-refractivity contribution < 1.29 is 36.8 Å². The summed E-state index contributed by atoms with van der Waals surface area (Å²) in [5.41, 5.74) is 0.748. The molecule has 1 amide bonds. The first-order valence-corrected chi connectivity index (χ1v) is 15.1. The number of carboxylic acids is 1. The molecule has 2 heterocycles. The number of carbonyl (C=O) groups is 2. The molecule has 0 aliphatic carbocycles. The summed E-state index contributed by atoms with van der Waals surface area (Å²) in [6, 6.07) is 16.7. The van der Waals surface area contributed by atoms with Crippen LogP contribution in [0.1, 0.15) is 26.3 Å². The van der Waals surface area contributed by atoms with Crippen molar-refractivity contribution in [3.63, 3.8) is 0 Å². The van der Waals surface area contributed by atoms with Crippen LogP contribution in [0.15, 0.2) is 88.4 Å². The van der Waals surface area contributed by atoms with Crippen molar-refractivity contribution >= 4 is 38.7 Å². The number of para-hydroxylation sites is 1. The lowest BCUT2D eigenvalue weighted by molar-refractivity contribution is -0.138. The van der Waals surface area contributed by atoms with Crippen molar-refractivity contribution in [3.8, 4) is 22.8 Å². The first kappa shape index (κ1) is 31.2. The molecule has 3 N–H and O–H groups in total. The molecule has 5 rings (SSSR count). The van der Waals surface area contributed by atoms with Crippen molar-refractivity contribution in [3.05, 3.63) is 90.4 Å². The van der Waals surface area contributed by atoms with Gasteiger partial charge >= 0.3 is 12.1 Å². The SMILES string of the molecule is CC(C)(C)OC(=O)Nc1ccc(-c2nc(-c3ccc(CC(NS(=O)(=O)c4cccc5cccnc45)C(=O)O)cc3F)no2)cc1. The van der Waals surface area contributed by atoms with Gasteiger partial charge in [0.2, 0.25) is 15.8 Å². The average Bonchev–Trinajstić information content (AvgIpc) is 3.46. The summed E-state index contributed by atoms with van der Waals surface area (Å²) in [6.45, 7) is 5.26. The van der Waals surface area contributed by atoms with Gasteiger partial charge in [-0.15, -0.1) is 0 Å². The molecular weight excluding hydrogens is 605 g/mol. The minimum absolute atomic E-state index is 0.00810. The summed E-state index contributed by atoms with van der Waals surface area (Å²) in [5, 5.41) is 16.8. The monoisotopic (exact) mass is 633 g/mol. The molecule has 0 saturated heterocycles. The number of hydrogen-bond donors (Lipinski definition) is 3. The molecule has 0 fully saturated rings. The first-order valence-electron chi connectivity index (χ1n) is 13.6. The highest BCUT2D eigenvalue weighted by Gasteiger charge is 2.28. The zero-order valence-corrected chi connectivity index (χ0v) is 25.1. The van der Waals surface area contributed by atoms with Crippen LogP contribution in [0, 0.1) is 5.82 Å².